The molecule has 1 unspecified atom stereocenters. The Hall–Kier alpha value is -3.95. The number of amidine groups is 1. The average Bonchev–Trinajstić information content (AvgIpc) is 3.66. The highest BCUT2D eigenvalue weighted by Gasteiger charge is 2.48. The highest BCUT2D eigenvalue weighted by molar-refractivity contribution is 6.06. The zero-order chi connectivity index (χ0) is 26.7. The first-order chi connectivity index (χ1) is 18.9. The average molecular weight is 523 g/mol. The first-order valence-corrected chi connectivity index (χ1v) is 13.8. The second kappa shape index (κ2) is 9.07. The number of rotatable bonds is 5. The lowest BCUT2D eigenvalue weighted by atomic mass is 9.90. The molecule has 3 N–H and O–H groups in total. The van der Waals surface area contributed by atoms with Gasteiger partial charge in [-0.05, 0) is 86.4 Å². The highest BCUT2D eigenvalue weighted by atomic mass is 16.2. The molecule has 3 atom stereocenters. The second-order valence-electron chi connectivity index (χ2n) is 11.3. The van der Waals surface area contributed by atoms with Gasteiger partial charge in [0.05, 0.1) is 18.0 Å². The molecule has 5 heterocycles. The molecule has 0 bridgehead atoms. The fourth-order valence-corrected chi connectivity index (χ4v) is 6.42. The number of hydrogen-bond donors (Lipinski definition) is 2. The van der Waals surface area contributed by atoms with Crippen LogP contribution in [0.15, 0.2) is 70.3 Å². The van der Waals surface area contributed by atoms with Gasteiger partial charge >= 0.3 is 0 Å². The number of carbonyl (C=O) groups is 2. The van der Waals surface area contributed by atoms with Crippen molar-refractivity contribution >= 4 is 29.7 Å². The molecule has 198 valence electrons. The minimum absolute atomic E-state index is 0.0738. The number of benzene rings is 1. The Morgan fingerprint density at radius 2 is 1.95 bits per heavy atom. The first kappa shape index (κ1) is 24.1. The van der Waals surface area contributed by atoms with Crippen LogP contribution in [0.25, 0.3) is 0 Å². The van der Waals surface area contributed by atoms with Gasteiger partial charge in [0.25, 0.3) is 11.7 Å². The maximum Gasteiger partial charge on any atom is 0.264 e. The van der Waals surface area contributed by atoms with E-state index in [2.05, 4.69) is 15.3 Å². The van der Waals surface area contributed by atoms with E-state index in [1.54, 1.807) is 18.6 Å². The van der Waals surface area contributed by atoms with E-state index in [9.17, 15) is 9.59 Å². The van der Waals surface area contributed by atoms with Crippen molar-refractivity contribution in [2.45, 2.75) is 57.4 Å². The number of nitrogens with zero attached hydrogens (tertiary/aromatic N) is 5. The Balaban J connectivity index is 1.16. The summed E-state index contributed by atoms with van der Waals surface area (Å²) in [7, 11) is 0. The molecule has 1 aromatic carbocycles. The van der Waals surface area contributed by atoms with Crippen LogP contribution in [0.5, 0.6) is 0 Å². The van der Waals surface area contributed by atoms with Gasteiger partial charge < -0.3 is 10.2 Å². The quantitative estimate of drug-likeness (QED) is 0.454. The number of anilines is 1. The van der Waals surface area contributed by atoms with Crippen molar-refractivity contribution in [3.63, 3.8) is 0 Å². The number of quaternary nitrogens is 1. The van der Waals surface area contributed by atoms with Crippen molar-refractivity contribution in [1.82, 2.24) is 9.88 Å². The summed E-state index contributed by atoms with van der Waals surface area (Å²) in [6.45, 7) is 2.59. The molecular weight excluding hydrogens is 490 g/mol. The van der Waals surface area contributed by atoms with E-state index in [4.69, 9.17) is 10.8 Å². The van der Waals surface area contributed by atoms with Crippen molar-refractivity contribution in [3.8, 4) is 0 Å². The SMILES string of the molecule is Cc1cc(C2=NC([C@@H]3CC[C@H]4CCC(=O)N4C3)=C3C=NC=C[N+]23N)ccc1C(=O)Nc1cc(C2CC2)ccn1. The summed E-state index contributed by atoms with van der Waals surface area (Å²) in [6, 6.07) is 10.0. The number of nitrogens with one attached hydrogen (secondary N) is 1. The minimum Gasteiger partial charge on any atom is -0.339 e. The third-order valence-electron chi connectivity index (χ3n) is 8.73. The second-order valence-corrected chi connectivity index (χ2v) is 11.3. The van der Waals surface area contributed by atoms with Crippen LogP contribution in [-0.4, -0.2) is 50.9 Å². The Labute approximate surface area is 227 Å². The van der Waals surface area contributed by atoms with E-state index in [1.165, 1.54) is 18.4 Å². The van der Waals surface area contributed by atoms with Gasteiger partial charge in [0.15, 0.2) is 0 Å². The van der Waals surface area contributed by atoms with E-state index in [0.717, 1.165) is 41.8 Å². The van der Waals surface area contributed by atoms with Crippen LogP contribution in [0.3, 0.4) is 0 Å². The molecule has 3 fully saturated rings. The van der Waals surface area contributed by atoms with Gasteiger partial charge in [0, 0.05) is 36.7 Å². The molecule has 1 aliphatic carbocycles. The zero-order valence-electron chi connectivity index (χ0n) is 22.0. The molecule has 2 saturated heterocycles. The van der Waals surface area contributed by atoms with Gasteiger partial charge in [0.1, 0.15) is 17.7 Å². The van der Waals surface area contributed by atoms with Crippen LogP contribution < -0.4 is 11.2 Å². The van der Waals surface area contributed by atoms with E-state index in [-0.39, 0.29) is 22.3 Å². The largest absolute Gasteiger partial charge is 0.339 e. The smallest absolute Gasteiger partial charge is 0.264 e. The lowest BCUT2D eigenvalue weighted by Gasteiger charge is -2.35. The van der Waals surface area contributed by atoms with Gasteiger partial charge in [-0.1, -0.05) is 0 Å². The third-order valence-corrected chi connectivity index (χ3v) is 8.73. The van der Waals surface area contributed by atoms with Crippen LogP contribution in [0.2, 0.25) is 0 Å². The van der Waals surface area contributed by atoms with E-state index < -0.39 is 0 Å². The van der Waals surface area contributed by atoms with Crippen molar-refractivity contribution in [1.29, 1.82) is 0 Å². The zero-order valence-corrected chi connectivity index (χ0v) is 22.0. The molecule has 9 nitrogen and oxygen atoms in total. The predicted octanol–water partition coefficient (Wildman–Crippen LogP) is 4.14. The Morgan fingerprint density at radius 1 is 1.10 bits per heavy atom. The number of allylic oxidation sites excluding steroid dienone is 1. The summed E-state index contributed by atoms with van der Waals surface area (Å²) < 4.78 is -0.0738. The molecule has 2 aromatic rings. The van der Waals surface area contributed by atoms with Gasteiger partial charge in [-0.2, -0.15) is 10.8 Å². The molecule has 39 heavy (non-hydrogen) atoms. The van der Waals surface area contributed by atoms with Crippen LogP contribution in [0, 0.1) is 12.8 Å². The number of amides is 2. The summed E-state index contributed by atoms with van der Waals surface area (Å²) in [6.07, 6.45) is 13.0. The highest BCUT2D eigenvalue weighted by Crippen LogP contribution is 2.41. The number of carbonyl (C=O) groups excluding carboxylic acids is 2. The summed E-state index contributed by atoms with van der Waals surface area (Å²) >= 11 is 0. The maximum atomic E-state index is 13.2. The number of hydrogen-bond acceptors (Lipinski definition) is 6. The minimum atomic E-state index is -0.193. The Kier molecular flexibility index (Phi) is 5.61. The van der Waals surface area contributed by atoms with Crippen molar-refractivity contribution in [2.24, 2.45) is 21.7 Å². The Morgan fingerprint density at radius 3 is 2.77 bits per heavy atom. The number of fused-ring (bicyclic) bond motifs is 2. The van der Waals surface area contributed by atoms with Crippen LogP contribution in [-0.2, 0) is 4.79 Å². The molecule has 2 amide bonds. The van der Waals surface area contributed by atoms with Crippen molar-refractivity contribution < 1.29 is 14.2 Å². The topological polar surface area (TPSA) is 113 Å². The molecule has 5 aliphatic rings. The van der Waals surface area contributed by atoms with Crippen LogP contribution >= 0.6 is 0 Å². The standard InChI is InChI=1S/C30H31N7O2/c1-18-14-21(5-8-24(18)30(39)34-26-15-20(10-11-33-26)19-2-3-19)29-35-28(25-16-32-12-13-37(25,29)31)22-4-6-23-7-9-27(38)36(23)17-22/h5,8,10-16,19,22-23H,2-4,6-7,9,17,31H2,1H3/p+1/t22-,23+,37?/m1/s1. The molecule has 1 saturated carbocycles. The molecule has 7 rings (SSSR count). The predicted molar refractivity (Wildman–Crippen MR) is 148 cm³/mol. The molecule has 0 radical (unpaired) electrons. The monoisotopic (exact) mass is 522 g/mol. The lowest BCUT2D eigenvalue weighted by molar-refractivity contribution is -0.750. The summed E-state index contributed by atoms with van der Waals surface area (Å²) in [5, 5.41) is 2.96. The number of piperidine rings is 1. The summed E-state index contributed by atoms with van der Waals surface area (Å²) in [4.78, 5) is 41.4. The van der Waals surface area contributed by atoms with Crippen LogP contribution in [0.1, 0.15) is 71.5 Å². The van der Waals surface area contributed by atoms with E-state index >= 15 is 0 Å². The number of pyridine rings is 1. The fourth-order valence-electron chi connectivity index (χ4n) is 6.42. The lowest BCUT2D eigenvalue weighted by Crippen LogP contribution is -2.53. The molecule has 4 aliphatic heterocycles. The summed E-state index contributed by atoms with van der Waals surface area (Å²) in [5.41, 5.74) is 5.21. The number of nitrogens with two attached hydrogens (primary N) is 1. The third kappa shape index (κ3) is 4.13. The van der Waals surface area contributed by atoms with Crippen LogP contribution in [0.4, 0.5) is 5.82 Å². The van der Waals surface area contributed by atoms with Crippen molar-refractivity contribution in [2.75, 3.05) is 11.9 Å². The number of aliphatic imine (C=N–C) groups is 2. The molecule has 1 aromatic heterocycles. The first-order valence-electron chi connectivity index (χ1n) is 13.8. The van der Waals surface area contributed by atoms with E-state index in [1.807, 2.05) is 48.4 Å². The van der Waals surface area contributed by atoms with Gasteiger partial charge in [0.2, 0.25) is 11.6 Å². The fraction of sp³-hybridized carbons (Fsp3) is 0.367. The van der Waals surface area contributed by atoms with Gasteiger partial charge in [-0.25, -0.2) is 4.98 Å². The normalized spacial score (nSPS) is 27.5. The summed E-state index contributed by atoms with van der Waals surface area (Å²) in [5.74, 6) is 8.97. The van der Waals surface area contributed by atoms with Gasteiger partial charge in [-0.15, -0.1) is 4.59 Å². The molecule has 9 heteroatoms. The number of aromatic nitrogens is 1. The van der Waals surface area contributed by atoms with Crippen molar-refractivity contribution in [3.05, 3.63) is 82.6 Å². The molecular formula is C30H32N7O2+. The maximum absolute atomic E-state index is 13.2. The van der Waals surface area contributed by atoms with E-state index in [0.29, 0.717) is 42.1 Å². The Bertz CT molecular complexity index is 1520. The molecule has 0 spiro atoms. The number of aryl methyl sites for hydroxylation is 1. The van der Waals surface area contributed by atoms with Gasteiger partial charge in [-0.3, -0.25) is 14.6 Å².